The molecule has 0 spiro atoms. The average Bonchev–Trinajstić information content (AvgIpc) is 3.25. The third-order valence-electron chi connectivity index (χ3n) is 3.64. The van der Waals surface area contributed by atoms with E-state index in [0.717, 1.165) is 12.8 Å². The first-order chi connectivity index (χ1) is 9.89. The Morgan fingerprint density at radius 3 is 2.48 bits per heavy atom. The van der Waals surface area contributed by atoms with E-state index in [1.54, 1.807) is 31.2 Å². The number of carbonyl (C=O) groups is 2. The van der Waals surface area contributed by atoms with Crippen LogP contribution < -0.4 is 21.5 Å². The molecule has 0 heterocycles. The molecule has 1 aliphatic rings. The summed E-state index contributed by atoms with van der Waals surface area (Å²) in [6.07, 6.45) is 2.19. The van der Waals surface area contributed by atoms with Crippen molar-refractivity contribution in [3.8, 4) is 5.75 Å². The molecule has 5 N–H and O–H groups in total. The second-order valence-electron chi connectivity index (χ2n) is 5.60. The molecule has 1 aromatic carbocycles. The molecule has 1 aromatic rings. The van der Waals surface area contributed by atoms with E-state index >= 15 is 0 Å². The van der Waals surface area contributed by atoms with Crippen molar-refractivity contribution >= 4 is 17.5 Å². The highest BCUT2D eigenvalue weighted by molar-refractivity contribution is 5.98. The summed E-state index contributed by atoms with van der Waals surface area (Å²) in [5.41, 5.74) is 10.9. The Morgan fingerprint density at radius 2 is 1.95 bits per heavy atom. The number of rotatable bonds is 7. The van der Waals surface area contributed by atoms with Crippen molar-refractivity contribution in [2.45, 2.75) is 31.7 Å². The summed E-state index contributed by atoms with van der Waals surface area (Å²) in [7, 11) is 0. The van der Waals surface area contributed by atoms with E-state index in [-0.39, 0.29) is 24.9 Å². The molecule has 0 aliphatic heterocycles. The van der Waals surface area contributed by atoms with Crippen LogP contribution in [-0.4, -0.2) is 24.0 Å². The number of hydrogen-bond donors (Lipinski definition) is 3. The molecule has 1 fully saturated rings. The highest BCUT2D eigenvalue weighted by Crippen LogP contribution is 2.38. The lowest BCUT2D eigenvalue weighted by atomic mass is 9.96. The third kappa shape index (κ3) is 4.19. The largest absolute Gasteiger partial charge is 0.493 e. The van der Waals surface area contributed by atoms with E-state index in [4.69, 9.17) is 16.2 Å². The van der Waals surface area contributed by atoms with Crippen LogP contribution in [-0.2, 0) is 9.59 Å². The van der Waals surface area contributed by atoms with E-state index in [9.17, 15) is 9.59 Å². The fourth-order valence-electron chi connectivity index (χ4n) is 2.04. The SMILES string of the molecule is CC(N)(C(=O)Nc1ccc(OCCC(N)=O)cc1)C1CC1. The number of ether oxygens (including phenoxy) is 1. The van der Waals surface area contributed by atoms with Gasteiger partial charge in [0.25, 0.3) is 0 Å². The van der Waals surface area contributed by atoms with Crippen LogP contribution in [0.5, 0.6) is 5.75 Å². The molecule has 2 rings (SSSR count). The number of anilines is 1. The number of benzene rings is 1. The van der Waals surface area contributed by atoms with Gasteiger partial charge < -0.3 is 21.5 Å². The van der Waals surface area contributed by atoms with Crippen molar-refractivity contribution < 1.29 is 14.3 Å². The Hall–Kier alpha value is -2.08. The van der Waals surface area contributed by atoms with E-state index in [0.29, 0.717) is 11.4 Å². The first-order valence-corrected chi connectivity index (χ1v) is 7.01. The molecule has 2 amide bonds. The third-order valence-corrected chi connectivity index (χ3v) is 3.64. The first kappa shape index (κ1) is 15.3. The number of hydrogen-bond acceptors (Lipinski definition) is 4. The maximum absolute atomic E-state index is 12.1. The molecule has 1 atom stereocenters. The predicted molar refractivity (Wildman–Crippen MR) is 79.7 cm³/mol. The van der Waals surface area contributed by atoms with Crippen LogP contribution in [0, 0.1) is 5.92 Å². The Bertz CT molecular complexity index is 521. The Labute approximate surface area is 123 Å². The van der Waals surface area contributed by atoms with E-state index < -0.39 is 11.4 Å². The molecule has 6 nitrogen and oxygen atoms in total. The molecule has 0 bridgehead atoms. The van der Waals surface area contributed by atoms with Crippen molar-refractivity contribution in [1.82, 2.24) is 0 Å². The van der Waals surface area contributed by atoms with Crippen molar-refractivity contribution in [2.24, 2.45) is 17.4 Å². The van der Waals surface area contributed by atoms with Gasteiger partial charge in [-0.3, -0.25) is 9.59 Å². The van der Waals surface area contributed by atoms with Crippen molar-refractivity contribution in [3.63, 3.8) is 0 Å². The van der Waals surface area contributed by atoms with E-state index in [1.807, 2.05) is 0 Å². The molecule has 1 unspecified atom stereocenters. The summed E-state index contributed by atoms with van der Waals surface area (Å²) in [5.74, 6) is 0.314. The van der Waals surface area contributed by atoms with E-state index in [2.05, 4.69) is 5.32 Å². The summed E-state index contributed by atoms with van der Waals surface area (Å²) in [5, 5.41) is 2.81. The van der Waals surface area contributed by atoms with Crippen LogP contribution in [0.4, 0.5) is 5.69 Å². The topological polar surface area (TPSA) is 107 Å². The van der Waals surface area contributed by atoms with Gasteiger partial charge in [0.1, 0.15) is 5.75 Å². The van der Waals surface area contributed by atoms with Crippen LogP contribution in [0.2, 0.25) is 0 Å². The van der Waals surface area contributed by atoms with Gasteiger partial charge >= 0.3 is 0 Å². The highest BCUT2D eigenvalue weighted by Gasteiger charge is 2.44. The lowest BCUT2D eigenvalue weighted by molar-refractivity contribution is -0.121. The number of nitrogens with one attached hydrogen (secondary N) is 1. The minimum atomic E-state index is -0.823. The van der Waals surface area contributed by atoms with Gasteiger partial charge in [0.05, 0.1) is 18.6 Å². The van der Waals surface area contributed by atoms with Crippen LogP contribution >= 0.6 is 0 Å². The van der Waals surface area contributed by atoms with Crippen molar-refractivity contribution in [1.29, 1.82) is 0 Å². The van der Waals surface area contributed by atoms with Crippen molar-refractivity contribution in [2.75, 3.05) is 11.9 Å². The van der Waals surface area contributed by atoms with Gasteiger partial charge in [0, 0.05) is 5.69 Å². The van der Waals surface area contributed by atoms with Gasteiger partial charge in [0.15, 0.2) is 0 Å². The zero-order chi connectivity index (χ0) is 15.5. The monoisotopic (exact) mass is 291 g/mol. The molecular weight excluding hydrogens is 270 g/mol. The number of primary amides is 1. The molecule has 0 saturated heterocycles. The minimum Gasteiger partial charge on any atom is -0.493 e. The number of carbonyl (C=O) groups excluding carboxylic acids is 2. The average molecular weight is 291 g/mol. The number of nitrogens with two attached hydrogens (primary N) is 2. The van der Waals surface area contributed by atoms with Crippen LogP contribution in [0.25, 0.3) is 0 Å². The number of amides is 2. The van der Waals surface area contributed by atoms with Gasteiger partial charge in [-0.05, 0) is 49.9 Å². The molecule has 1 saturated carbocycles. The molecule has 6 heteroatoms. The normalized spacial score (nSPS) is 16.9. The van der Waals surface area contributed by atoms with Gasteiger partial charge in [0.2, 0.25) is 11.8 Å². The quantitative estimate of drug-likeness (QED) is 0.696. The molecule has 1 aliphatic carbocycles. The second-order valence-corrected chi connectivity index (χ2v) is 5.60. The first-order valence-electron chi connectivity index (χ1n) is 7.01. The lowest BCUT2D eigenvalue weighted by Crippen LogP contribution is -2.50. The fraction of sp³-hybridized carbons (Fsp3) is 0.467. The minimum absolute atomic E-state index is 0.172. The van der Waals surface area contributed by atoms with E-state index in [1.165, 1.54) is 0 Å². The Kier molecular flexibility index (Phi) is 4.47. The fourth-order valence-corrected chi connectivity index (χ4v) is 2.04. The standard InChI is InChI=1S/C15H21N3O3/c1-15(17,10-2-3-10)14(20)18-11-4-6-12(7-5-11)21-9-8-13(16)19/h4-7,10H,2-3,8-9,17H2,1H3,(H2,16,19)(H,18,20). The van der Waals surface area contributed by atoms with Gasteiger partial charge in [-0.1, -0.05) is 0 Å². The molecule has 0 radical (unpaired) electrons. The lowest BCUT2D eigenvalue weighted by Gasteiger charge is -2.23. The molecular formula is C15H21N3O3. The van der Waals surface area contributed by atoms with Crippen LogP contribution in [0.1, 0.15) is 26.2 Å². The predicted octanol–water partition coefficient (Wildman–Crippen LogP) is 1.01. The van der Waals surface area contributed by atoms with Crippen LogP contribution in [0.15, 0.2) is 24.3 Å². The van der Waals surface area contributed by atoms with Crippen molar-refractivity contribution in [3.05, 3.63) is 24.3 Å². The molecule has 21 heavy (non-hydrogen) atoms. The highest BCUT2D eigenvalue weighted by atomic mass is 16.5. The summed E-state index contributed by atoms with van der Waals surface area (Å²) < 4.78 is 5.35. The maximum atomic E-state index is 12.1. The van der Waals surface area contributed by atoms with Gasteiger partial charge in [-0.25, -0.2) is 0 Å². The zero-order valence-electron chi connectivity index (χ0n) is 12.1. The smallest absolute Gasteiger partial charge is 0.244 e. The summed E-state index contributed by atoms with van der Waals surface area (Å²) in [6.45, 7) is 2.00. The molecule has 0 aromatic heterocycles. The van der Waals surface area contributed by atoms with Gasteiger partial charge in [-0.2, -0.15) is 0 Å². The summed E-state index contributed by atoms with van der Waals surface area (Å²) in [6, 6.07) is 6.92. The summed E-state index contributed by atoms with van der Waals surface area (Å²) >= 11 is 0. The zero-order valence-corrected chi connectivity index (χ0v) is 12.1. The molecule has 114 valence electrons. The van der Waals surface area contributed by atoms with Crippen LogP contribution in [0.3, 0.4) is 0 Å². The Morgan fingerprint density at radius 1 is 1.33 bits per heavy atom. The maximum Gasteiger partial charge on any atom is 0.244 e. The Balaban J connectivity index is 1.87. The van der Waals surface area contributed by atoms with Gasteiger partial charge in [-0.15, -0.1) is 0 Å². The summed E-state index contributed by atoms with van der Waals surface area (Å²) in [4.78, 5) is 22.7. The second kappa shape index (κ2) is 6.13.